The van der Waals surface area contributed by atoms with Gasteiger partial charge in [0.25, 0.3) is 0 Å². The van der Waals surface area contributed by atoms with Crippen LogP contribution in [0.5, 0.6) is 0 Å². The van der Waals surface area contributed by atoms with Gasteiger partial charge in [0.15, 0.2) is 0 Å². The minimum Gasteiger partial charge on any atom is -0.465 e. The number of nitrogens with two attached hydrogens (primary N) is 1. The number of amides is 1. The van der Waals surface area contributed by atoms with E-state index in [2.05, 4.69) is 0 Å². The van der Waals surface area contributed by atoms with E-state index in [0.717, 1.165) is 0 Å². The zero-order valence-electron chi connectivity index (χ0n) is 10.2. The molecule has 0 unspecified atom stereocenters. The first kappa shape index (κ1) is 13.6. The molecule has 0 saturated heterocycles. The van der Waals surface area contributed by atoms with Crippen LogP contribution in [0.25, 0.3) is 0 Å². The molecule has 94 valence electrons. The van der Waals surface area contributed by atoms with Crippen LogP contribution in [0.2, 0.25) is 5.02 Å². The topological polar surface area (TPSA) is 66.6 Å². The second-order valence-electron chi connectivity index (χ2n) is 4.89. The maximum absolute atomic E-state index is 11.2. The van der Waals surface area contributed by atoms with E-state index in [4.69, 9.17) is 17.3 Å². The molecule has 0 aliphatic rings. The van der Waals surface area contributed by atoms with Gasteiger partial charge < -0.3 is 10.8 Å². The molecule has 17 heavy (non-hydrogen) atoms. The number of hydrogen-bond donors (Lipinski definition) is 2. The predicted molar refractivity (Wildman–Crippen MR) is 69.2 cm³/mol. The normalized spacial score (nSPS) is 11.3. The number of anilines is 1. The molecule has 5 heteroatoms. The minimum absolute atomic E-state index is 0.225. The molecule has 0 radical (unpaired) electrons. The monoisotopic (exact) mass is 256 g/mol. The Hall–Kier alpha value is -1.42. The Morgan fingerprint density at radius 3 is 2.53 bits per heavy atom. The summed E-state index contributed by atoms with van der Waals surface area (Å²) in [5.41, 5.74) is 6.46. The van der Waals surface area contributed by atoms with Crippen molar-refractivity contribution in [2.75, 3.05) is 5.73 Å². The van der Waals surface area contributed by atoms with Crippen LogP contribution in [0.4, 0.5) is 10.5 Å². The van der Waals surface area contributed by atoms with Crippen LogP contribution in [-0.2, 0) is 6.54 Å². The first-order chi connectivity index (χ1) is 7.71. The fraction of sp³-hybridized carbons (Fsp3) is 0.417. The van der Waals surface area contributed by atoms with Crippen molar-refractivity contribution in [3.63, 3.8) is 0 Å². The molecule has 0 bridgehead atoms. The zero-order valence-corrected chi connectivity index (χ0v) is 11.0. The van der Waals surface area contributed by atoms with Crippen LogP contribution in [0, 0.1) is 0 Å². The fourth-order valence-corrected chi connectivity index (χ4v) is 1.66. The third-order valence-corrected chi connectivity index (χ3v) is 2.81. The summed E-state index contributed by atoms with van der Waals surface area (Å²) in [4.78, 5) is 12.5. The highest BCUT2D eigenvalue weighted by molar-refractivity contribution is 6.31. The standard InChI is InChI=1S/C12H17ClN2O2/c1-12(2,3)15(11(16)17)7-8-6-9(14)4-5-10(8)13/h4-6H,7,14H2,1-3H3,(H,16,17). The van der Waals surface area contributed by atoms with Gasteiger partial charge in [0.2, 0.25) is 0 Å². The van der Waals surface area contributed by atoms with Crippen LogP contribution >= 0.6 is 11.6 Å². The molecule has 3 N–H and O–H groups in total. The fourth-order valence-electron chi connectivity index (χ4n) is 1.48. The van der Waals surface area contributed by atoms with Gasteiger partial charge in [0.05, 0.1) is 6.54 Å². The lowest BCUT2D eigenvalue weighted by Crippen LogP contribution is -2.44. The highest BCUT2D eigenvalue weighted by atomic mass is 35.5. The van der Waals surface area contributed by atoms with Crippen LogP contribution < -0.4 is 5.73 Å². The summed E-state index contributed by atoms with van der Waals surface area (Å²) in [6.07, 6.45) is -0.976. The van der Waals surface area contributed by atoms with Gasteiger partial charge in [-0.2, -0.15) is 0 Å². The summed E-state index contributed by atoms with van der Waals surface area (Å²) in [7, 11) is 0. The molecule has 0 aliphatic heterocycles. The molecule has 0 atom stereocenters. The molecule has 1 aromatic carbocycles. The smallest absolute Gasteiger partial charge is 0.408 e. The Kier molecular flexibility index (Phi) is 3.88. The Morgan fingerprint density at radius 1 is 1.47 bits per heavy atom. The van der Waals surface area contributed by atoms with E-state index >= 15 is 0 Å². The molecule has 0 fully saturated rings. The lowest BCUT2D eigenvalue weighted by Gasteiger charge is -2.33. The lowest BCUT2D eigenvalue weighted by atomic mass is 10.1. The van der Waals surface area contributed by atoms with Crippen molar-refractivity contribution in [3.8, 4) is 0 Å². The third-order valence-electron chi connectivity index (χ3n) is 2.44. The first-order valence-electron chi connectivity index (χ1n) is 5.26. The van der Waals surface area contributed by atoms with Crippen LogP contribution in [0.3, 0.4) is 0 Å². The average Bonchev–Trinajstić information content (AvgIpc) is 2.17. The van der Waals surface area contributed by atoms with Gasteiger partial charge in [-0.25, -0.2) is 4.79 Å². The summed E-state index contributed by atoms with van der Waals surface area (Å²) in [6, 6.07) is 5.06. The van der Waals surface area contributed by atoms with Crippen molar-refractivity contribution in [2.24, 2.45) is 0 Å². The minimum atomic E-state index is -0.976. The number of rotatable bonds is 2. The highest BCUT2D eigenvalue weighted by Crippen LogP contribution is 2.24. The van der Waals surface area contributed by atoms with Gasteiger partial charge >= 0.3 is 6.09 Å². The van der Waals surface area contributed by atoms with Crippen molar-refractivity contribution >= 4 is 23.4 Å². The molecule has 0 aromatic heterocycles. The van der Waals surface area contributed by atoms with E-state index in [1.165, 1.54) is 4.90 Å². The number of carbonyl (C=O) groups is 1. The Labute approximate surface area is 106 Å². The molecule has 4 nitrogen and oxygen atoms in total. The molecule has 0 spiro atoms. The highest BCUT2D eigenvalue weighted by Gasteiger charge is 2.26. The summed E-state index contributed by atoms with van der Waals surface area (Å²) < 4.78 is 0. The number of hydrogen-bond acceptors (Lipinski definition) is 2. The van der Waals surface area contributed by atoms with E-state index in [0.29, 0.717) is 16.3 Å². The second-order valence-corrected chi connectivity index (χ2v) is 5.30. The molecule has 1 aromatic rings. The Bertz CT molecular complexity index is 427. The molecule has 0 heterocycles. The largest absolute Gasteiger partial charge is 0.465 e. The summed E-state index contributed by atoms with van der Waals surface area (Å²) in [6.45, 7) is 5.73. The summed E-state index contributed by atoms with van der Waals surface area (Å²) >= 11 is 6.02. The summed E-state index contributed by atoms with van der Waals surface area (Å²) in [5.74, 6) is 0. The van der Waals surface area contributed by atoms with Gasteiger partial charge in [0, 0.05) is 16.2 Å². The predicted octanol–water partition coefficient (Wildman–Crippen LogP) is 3.20. The molecular weight excluding hydrogens is 240 g/mol. The average molecular weight is 257 g/mol. The van der Waals surface area contributed by atoms with E-state index in [1.807, 2.05) is 20.8 Å². The van der Waals surface area contributed by atoms with Crippen LogP contribution in [0.15, 0.2) is 18.2 Å². The second kappa shape index (κ2) is 4.84. The molecule has 1 amide bonds. The lowest BCUT2D eigenvalue weighted by molar-refractivity contribution is 0.0956. The van der Waals surface area contributed by atoms with E-state index in [9.17, 15) is 9.90 Å². The molecule has 0 aliphatic carbocycles. The van der Waals surface area contributed by atoms with Crippen molar-refractivity contribution < 1.29 is 9.90 Å². The van der Waals surface area contributed by atoms with Gasteiger partial charge in [-0.1, -0.05) is 11.6 Å². The van der Waals surface area contributed by atoms with Gasteiger partial charge in [0.1, 0.15) is 0 Å². The van der Waals surface area contributed by atoms with Gasteiger partial charge in [-0.05, 0) is 44.5 Å². The number of benzene rings is 1. The maximum atomic E-state index is 11.2. The van der Waals surface area contributed by atoms with E-state index < -0.39 is 11.6 Å². The Balaban J connectivity index is 3.02. The SMILES string of the molecule is CC(C)(C)N(Cc1cc(N)ccc1Cl)C(=O)O. The van der Waals surface area contributed by atoms with E-state index in [1.54, 1.807) is 18.2 Å². The van der Waals surface area contributed by atoms with E-state index in [-0.39, 0.29) is 6.54 Å². The molecular formula is C12H17ClN2O2. The maximum Gasteiger partial charge on any atom is 0.408 e. The van der Waals surface area contributed by atoms with Crippen molar-refractivity contribution in [1.29, 1.82) is 0 Å². The van der Waals surface area contributed by atoms with Crippen molar-refractivity contribution in [2.45, 2.75) is 32.9 Å². The molecule has 0 saturated carbocycles. The quantitative estimate of drug-likeness (QED) is 0.799. The number of nitrogen functional groups attached to an aromatic ring is 1. The summed E-state index contributed by atoms with van der Waals surface area (Å²) in [5, 5.41) is 9.70. The molecule has 1 rings (SSSR count). The number of carboxylic acid groups (broad SMARTS) is 1. The van der Waals surface area contributed by atoms with Gasteiger partial charge in [-0.15, -0.1) is 0 Å². The van der Waals surface area contributed by atoms with Crippen molar-refractivity contribution in [3.05, 3.63) is 28.8 Å². The van der Waals surface area contributed by atoms with Gasteiger partial charge in [-0.3, -0.25) is 4.90 Å². The van der Waals surface area contributed by atoms with Crippen LogP contribution in [-0.4, -0.2) is 21.6 Å². The first-order valence-corrected chi connectivity index (χ1v) is 5.64. The number of halogens is 1. The zero-order chi connectivity index (χ0) is 13.2. The third kappa shape index (κ3) is 3.53. The number of nitrogens with zero attached hydrogens (tertiary/aromatic N) is 1. The van der Waals surface area contributed by atoms with Crippen LogP contribution in [0.1, 0.15) is 26.3 Å². The Morgan fingerprint density at radius 2 is 2.06 bits per heavy atom. The van der Waals surface area contributed by atoms with Crippen molar-refractivity contribution in [1.82, 2.24) is 4.90 Å².